The highest BCUT2D eigenvalue weighted by atomic mass is 16.5. The highest BCUT2D eigenvalue weighted by Gasteiger charge is 2.57. The molecule has 5 heterocycles. The lowest BCUT2D eigenvalue weighted by Crippen LogP contribution is -2.52. The summed E-state index contributed by atoms with van der Waals surface area (Å²) in [6.07, 6.45) is 0. The van der Waals surface area contributed by atoms with Gasteiger partial charge in [-0.15, -0.1) is 0 Å². The Bertz CT molecular complexity index is 1670. The van der Waals surface area contributed by atoms with Crippen LogP contribution in [0.25, 0.3) is 11.1 Å². The van der Waals surface area contributed by atoms with Gasteiger partial charge in [0.25, 0.3) is 11.8 Å². The Morgan fingerprint density at radius 3 is 2.51 bits per heavy atom. The zero-order valence-corrected chi connectivity index (χ0v) is 26.2. The van der Waals surface area contributed by atoms with Gasteiger partial charge in [0.2, 0.25) is 0 Å². The number of nitrogens with one attached hydrogen (secondary N) is 1. The number of piperazine rings is 1. The van der Waals surface area contributed by atoms with E-state index in [2.05, 4.69) is 22.0 Å². The number of carbonyl (C=O) groups is 4. The quantitative estimate of drug-likeness (QED) is 0.296. The number of likely N-dealkylation sites (N-methyl/N-ethyl adjacent to an activating group) is 1. The van der Waals surface area contributed by atoms with Crippen molar-refractivity contribution in [2.75, 3.05) is 58.0 Å². The van der Waals surface area contributed by atoms with Crippen molar-refractivity contribution in [1.82, 2.24) is 25.0 Å². The Balaban J connectivity index is 1.34. The molecule has 2 fully saturated rings. The number of fused-ring (bicyclic) bond motifs is 2. The highest BCUT2D eigenvalue weighted by Crippen LogP contribution is 2.37. The van der Waals surface area contributed by atoms with Gasteiger partial charge in [0.1, 0.15) is 22.8 Å². The molecule has 0 unspecified atom stereocenters. The van der Waals surface area contributed by atoms with Crippen LogP contribution >= 0.6 is 0 Å². The van der Waals surface area contributed by atoms with Crippen LogP contribution in [0.1, 0.15) is 49.4 Å². The van der Waals surface area contributed by atoms with E-state index < -0.39 is 35.6 Å². The van der Waals surface area contributed by atoms with Gasteiger partial charge in [-0.2, -0.15) is 0 Å². The van der Waals surface area contributed by atoms with Gasteiger partial charge in [0, 0.05) is 44.4 Å². The van der Waals surface area contributed by atoms with Crippen molar-refractivity contribution in [2.45, 2.75) is 39.8 Å². The SMILES string of the molecule is CCN1CCN(c2ccc3oc([C@]4(CN5Cc6ccc(OC)cc6C5=O)NC(=O)N(COC(=O)C(C)(C)C)C4=O)cc3n2)CC1. The van der Waals surface area contributed by atoms with Gasteiger partial charge in [-0.3, -0.25) is 14.4 Å². The fourth-order valence-corrected chi connectivity index (χ4v) is 5.91. The molecule has 1 atom stereocenters. The van der Waals surface area contributed by atoms with Crippen molar-refractivity contribution in [1.29, 1.82) is 0 Å². The molecule has 0 bridgehead atoms. The fraction of sp³-hybridized carbons (Fsp3) is 0.469. The first-order chi connectivity index (χ1) is 21.4. The molecule has 13 nitrogen and oxygen atoms in total. The normalized spacial score (nSPS) is 20.6. The molecule has 2 saturated heterocycles. The second-order valence-corrected chi connectivity index (χ2v) is 12.6. The van der Waals surface area contributed by atoms with Crippen LogP contribution in [-0.4, -0.2) is 96.6 Å². The first-order valence-corrected chi connectivity index (χ1v) is 15.1. The number of benzene rings is 1. The first kappa shape index (κ1) is 30.4. The third-order valence-corrected chi connectivity index (χ3v) is 8.66. The molecular weight excluding hydrogens is 580 g/mol. The van der Waals surface area contributed by atoms with Gasteiger partial charge in [0.05, 0.1) is 19.1 Å². The molecule has 3 aliphatic heterocycles. The lowest BCUT2D eigenvalue weighted by Gasteiger charge is -2.34. The highest BCUT2D eigenvalue weighted by molar-refractivity contribution is 6.08. The van der Waals surface area contributed by atoms with E-state index in [1.54, 1.807) is 51.1 Å². The number of hydrogen-bond donors (Lipinski definition) is 1. The number of hydrogen-bond acceptors (Lipinski definition) is 10. The number of furan rings is 1. The number of methoxy groups -OCH3 is 1. The van der Waals surface area contributed by atoms with Crippen molar-refractivity contribution in [2.24, 2.45) is 5.41 Å². The van der Waals surface area contributed by atoms with E-state index in [4.69, 9.17) is 18.9 Å². The summed E-state index contributed by atoms with van der Waals surface area (Å²) in [6, 6.07) is 9.78. The number of amides is 4. The van der Waals surface area contributed by atoms with E-state index in [1.807, 2.05) is 6.07 Å². The van der Waals surface area contributed by atoms with Gasteiger partial charge >= 0.3 is 12.0 Å². The number of carbonyl (C=O) groups excluding carboxylic acids is 4. The van der Waals surface area contributed by atoms with Gasteiger partial charge in [-0.25, -0.2) is 14.7 Å². The standard InChI is InChI=1S/C32H38N6O7/c1-6-35-11-13-36(14-12-35)26-10-9-24-23(33-26)16-25(45-24)32(18-37-17-20-7-8-21(43-5)15-22(20)27(37)39)28(40)38(30(42)34-32)19-44-29(41)31(2,3)4/h7-10,15-16H,6,11-14,17-19H2,1-5H3,(H,34,42)/t32-/m0/s1. The largest absolute Gasteiger partial charge is 0.497 e. The summed E-state index contributed by atoms with van der Waals surface area (Å²) < 4.78 is 16.9. The molecule has 4 amide bonds. The topological polar surface area (TPSA) is 138 Å². The predicted octanol–water partition coefficient (Wildman–Crippen LogP) is 2.93. The molecule has 0 radical (unpaired) electrons. The van der Waals surface area contributed by atoms with Gasteiger partial charge < -0.3 is 33.9 Å². The van der Waals surface area contributed by atoms with Crippen LogP contribution in [0.3, 0.4) is 0 Å². The van der Waals surface area contributed by atoms with Crippen molar-refractivity contribution < 1.29 is 33.1 Å². The van der Waals surface area contributed by atoms with Crippen LogP contribution in [0.2, 0.25) is 0 Å². The van der Waals surface area contributed by atoms with E-state index in [9.17, 15) is 19.2 Å². The van der Waals surface area contributed by atoms with Crippen LogP contribution < -0.4 is 15.0 Å². The van der Waals surface area contributed by atoms with E-state index in [0.717, 1.165) is 49.0 Å². The third kappa shape index (κ3) is 5.45. The summed E-state index contributed by atoms with van der Waals surface area (Å²) in [7, 11) is 1.52. The van der Waals surface area contributed by atoms with Gasteiger partial charge in [-0.05, 0) is 57.1 Å². The number of imide groups is 1. The zero-order chi connectivity index (χ0) is 32.1. The average molecular weight is 619 g/mol. The van der Waals surface area contributed by atoms with E-state index in [1.165, 1.54) is 12.0 Å². The molecule has 1 N–H and O–H groups in total. The Morgan fingerprint density at radius 2 is 1.82 bits per heavy atom. The van der Waals surface area contributed by atoms with Crippen LogP contribution in [0.15, 0.2) is 40.8 Å². The zero-order valence-electron chi connectivity index (χ0n) is 26.2. The Labute approximate surface area is 261 Å². The summed E-state index contributed by atoms with van der Waals surface area (Å²) in [5.74, 6) is -0.138. The Hall–Kier alpha value is -4.65. The third-order valence-electron chi connectivity index (χ3n) is 8.66. The molecule has 0 spiro atoms. The molecular formula is C32H38N6O7. The molecule has 2 aromatic heterocycles. The molecule has 238 valence electrons. The fourth-order valence-electron chi connectivity index (χ4n) is 5.91. The smallest absolute Gasteiger partial charge is 0.328 e. The summed E-state index contributed by atoms with van der Waals surface area (Å²) >= 11 is 0. The van der Waals surface area contributed by atoms with Gasteiger partial charge in [-0.1, -0.05) is 13.0 Å². The predicted molar refractivity (Wildman–Crippen MR) is 164 cm³/mol. The monoisotopic (exact) mass is 618 g/mol. The Kier molecular flexibility index (Phi) is 7.67. The van der Waals surface area contributed by atoms with Crippen molar-refractivity contribution in [3.05, 3.63) is 53.3 Å². The summed E-state index contributed by atoms with van der Waals surface area (Å²) in [5, 5.41) is 2.78. The van der Waals surface area contributed by atoms with E-state index in [0.29, 0.717) is 22.4 Å². The lowest BCUT2D eigenvalue weighted by molar-refractivity contribution is -0.158. The molecule has 0 saturated carbocycles. The van der Waals surface area contributed by atoms with Crippen molar-refractivity contribution in [3.63, 3.8) is 0 Å². The molecule has 3 aromatic rings. The number of aromatic nitrogens is 1. The number of ether oxygens (including phenoxy) is 2. The number of esters is 1. The van der Waals surface area contributed by atoms with Crippen LogP contribution in [-0.2, 0) is 26.4 Å². The van der Waals surface area contributed by atoms with E-state index in [-0.39, 0.29) is 24.8 Å². The summed E-state index contributed by atoms with van der Waals surface area (Å²) in [4.78, 5) is 65.4. The second kappa shape index (κ2) is 11.4. The number of anilines is 1. The number of rotatable bonds is 8. The van der Waals surface area contributed by atoms with Crippen molar-refractivity contribution >= 4 is 40.7 Å². The van der Waals surface area contributed by atoms with Crippen LogP contribution in [0, 0.1) is 5.41 Å². The number of pyridine rings is 1. The Morgan fingerprint density at radius 1 is 1.07 bits per heavy atom. The molecule has 1 aromatic carbocycles. The maximum atomic E-state index is 14.2. The maximum Gasteiger partial charge on any atom is 0.328 e. The summed E-state index contributed by atoms with van der Waals surface area (Å²) in [6.45, 7) is 11.1. The molecule has 13 heteroatoms. The first-order valence-electron chi connectivity index (χ1n) is 15.1. The minimum Gasteiger partial charge on any atom is -0.497 e. The average Bonchev–Trinajstić information content (AvgIpc) is 3.67. The number of nitrogens with zero attached hydrogens (tertiary/aromatic N) is 5. The molecule has 6 rings (SSSR count). The lowest BCUT2D eigenvalue weighted by atomic mass is 9.95. The second-order valence-electron chi connectivity index (χ2n) is 12.6. The van der Waals surface area contributed by atoms with Crippen LogP contribution in [0.5, 0.6) is 5.75 Å². The molecule has 3 aliphatic rings. The van der Waals surface area contributed by atoms with E-state index >= 15 is 0 Å². The minimum absolute atomic E-state index is 0.127. The molecule has 45 heavy (non-hydrogen) atoms. The maximum absolute atomic E-state index is 14.2. The van der Waals surface area contributed by atoms with Gasteiger partial charge in [0.15, 0.2) is 17.9 Å². The summed E-state index contributed by atoms with van der Waals surface area (Å²) in [5.41, 5.74) is -0.461. The minimum atomic E-state index is -1.79. The van der Waals surface area contributed by atoms with Crippen molar-refractivity contribution in [3.8, 4) is 5.75 Å². The number of urea groups is 1. The van der Waals surface area contributed by atoms with Crippen LogP contribution in [0.4, 0.5) is 10.6 Å². The molecule has 0 aliphatic carbocycles.